The largest absolute Gasteiger partial charge is 0.292 e. The summed E-state index contributed by atoms with van der Waals surface area (Å²) in [7, 11) is 0. The highest BCUT2D eigenvalue weighted by Crippen LogP contribution is 2.39. The van der Waals surface area contributed by atoms with Crippen LogP contribution in [0.2, 0.25) is 0 Å². The number of nitrogens with zero attached hydrogens (tertiary/aromatic N) is 3. The van der Waals surface area contributed by atoms with Crippen LogP contribution in [0.3, 0.4) is 0 Å². The molecule has 164 valence electrons. The number of hydrazine groups is 1. The second-order valence-corrected chi connectivity index (χ2v) is 7.95. The van der Waals surface area contributed by atoms with Crippen molar-refractivity contribution < 1.29 is 24.1 Å². The quantitative estimate of drug-likeness (QED) is 0.298. The van der Waals surface area contributed by atoms with Gasteiger partial charge in [0.15, 0.2) is 5.78 Å². The van der Waals surface area contributed by atoms with E-state index < -0.39 is 46.8 Å². The summed E-state index contributed by atoms with van der Waals surface area (Å²) >= 11 is 0. The molecule has 2 aliphatic rings. The van der Waals surface area contributed by atoms with E-state index in [1.54, 1.807) is 30.3 Å². The second-order valence-electron chi connectivity index (χ2n) is 7.95. The zero-order valence-corrected chi connectivity index (χ0v) is 17.2. The summed E-state index contributed by atoms with van der Waals surface area (Å²) in [4.78, 5) is 63.0. The van der Waals surface area contributed by atoms with Crippen molar-refractivity contribution in [2.45, 2.75) is 25.7 Å². The summed E-state index contributed by atoms with van der Waals surface area (Å²) in [6.45, 7) is -0.539. The molecule has 0 radical (unpaired) electrons. The average Bonchev–Trinajstić information content (AvgIpc) is 3.07. The highest BCUT2D eigenvalue weighted by molar-refractivity contribution is 6.09. The molecule has 9 nitrogen and oxygen atoms in total. The molecule has 1 heterocycles. The standard InChI is InChI=1S/C23H21N3O6/c27-20(15-7-2-1-3-8-15)14-24(21(28)16-9-6-10-17(13-16)26(31)32)25-22(29)18-11-4-5-12-19(18)23(25)30/h1-3,6-10,13,18-19H,4-5,11-12,14H2/t18-,19+. The van der Waals surface area contributed by atoms with E-state index in [9.17, 15) is 29.3 Å². The van der Waals surface area contributed by atoms with Gasteiger partial charge in [0, 0.05) is 23.3 Å². The summed E-state index contributed by atoms with van der Waals surface area (Å²) in [6.07, 6.45) is 2.74. The van der Waals surface area contributed by atoms with Crippen molar-refractivity contribution in [3.8, 4) is 0 Å². The van der Waals surface area contributed by atoms with Crippen molar-refractivity contribution in [1.82, 2.24) is 10.0 Å². The van der Waals surface area contributed by atoms with Crippen molar-refractivity contribution in [1.29, 1.82) is 0 Å². The Morgan fingerprint density at radius 1 is 0.938 bits per heavy atom. The Kier molecular flexibility index (Phi) is 5.81. The van der Waals surface area contributed by atoms with E-state index in [2.05, 4.69) is 0 Å². The minimum atomic E-state index is -0.821. The number of ketones is 1. The third kappa shape index (κ3) is 3.89. The van der Waals surface area contributed by atoms with E-state index in [1.165, 1.54) is 18.2 Å². The van der Waals surface area contributed by atoms with Gasteiger partial charge in [0.25, 0.3) is 23.4 Å². The SMILES string of the molecule is O=C(CN(C(=O)c1cccc([N+](=O)[O-])c1)N1C(=O)[C@H]2CCCC[C@H]2C1=O)c1ccccc1. The number of nitro groups is 1. The number of carbonyl (C=O) groups is 4. The van der Waals surface area contributed by atoms with Gasteiger partial charge in [-0.2, -0.15) is 5.01 Å². The number of non-ortho nitro benzene ring substituents is 1. The van der Waals surface area contributed by atoms with E-state index in [-0.39, 0.29) is 11.3 Å². The molecule has 1 saturated heterocycles. The summed E-state index contributed by atoms with van der Waals surface area (Å²) in [5.41, 5.74) is -0.0747. The number of hydrogen-bond acceptors (Lipinski definition) is 6. The van der Waals surface area contributed by atoms with Gasteiger partial charge in [-0.3, -0.25) is 29.3 Å². The van der Waals surface area contributed by atoms with Gasteiger partial charge in [0.05, 0.1) is 16.8 Å². The maximum Gasteiger partial charge on any atom is 0.273 e. The average molecular weight is 435 g/mol. The van der Waals surface area contributed by atoms with Gasteiger partial charge >= 0.3 is 0 Å². The van der Waals surface area contributed by atoms with Crippen molar-refractivity contribution in [2.24, 2.45) is 11.8 Å². The Labute approximate surface area is 183 Å². The lowest BCUT2D eigenvalue weighted by Gasteiger charge is -2.30. The first kappa shape index (κ1) is 21.4. The normalized spacial score (nSPS) is 20.1. The molecule has 0 aromatic heterocycles. The van der Waals surface area contributed by atoms with E-state index >= 15 is 0 Å². The Hall–Kier alpha value is -3.88. The lowest BCUT2D eigenvalue weighted by molar-refractivity contribution is -0.384. The highest BCUT2D eigenvalue weighted by atomic mass is 16.6. The number of benzene rings is 2. The molecule has 0 unspecified atom stereocenters. The molecule has 0 N–H and O–H groups in total. The first-order valence-electron chi connectivity index (χ1n) is 10.4. The summed E-state index contributed by atoms with van der Waals surface area (Å²) in [5.74, 6) is -3.30. The highest BCUT2D eigenvalue weighted by Gasteiger charge is 2.51. The third-order valence-electron chi connectivity index (χ3n) is 5.99. The fourth-order valence-electron chi connectivity index (χ4n) is 4.37. The zero-order valence-electron chi connectivity index (χ0n) is 17.2. The van der Waals surface area contributed by atoms with Crippen LogP contribution in [0.4, 0.5) is 5.69 Å². The van der Waals surface area contributed by atoms with Crippen LogP contribution in [0, 0.1) is 22.0 Å². The molecule has 1 saturated carbocycles. The lowest BCUT2D eigenvalue weighted by atomic mass is 9.81. The molecule has 0 bridgehead atoms. The number of carbonyl (C=O) groups excluding carboxylic acids is 4. The first-order chi connectivity index (χ1) is 15.4. The van der Waals surface area contributed by atoms with Gasteiger partial charge in [-0.1, -0.05) is 49.2 Å². The number of hydrogen-bond donors (Lipinski definition) is 0. The van der Waals surface area contributed by atoms with E-state index in [0.29, 0.717) is 18.4 Å². The Bertz CT molecular complexity index is 1080. The molecular formula is C23H21N3O6. The first-order valence-corrected chi connectivity index (χ1v) is 10.4. The van der Waals surface area contributed by atoms with Gasteiger partial charge in [0.1, 0.15) is 6.54 Å². The fraction of sp³-hybridized carbons (Fsp3) is 0.304. The maximum absolute atomic E-state index is 13.4. The number of fused-ring (bicyclic) bond motifs is 1. The van der Waals surface area contributed by atoms with Crippen molar-refractivity contribution in [2.75, 3.05) is 6.54 Å². The van der Waals surface area contributed by atoms with E-state index in [1.807, 2.05) is 0 Å². The molecule has 3 amide bonds. The molecule has 2 fully saturated rings. The van der Waals surface area contributed by atoms with Crippen molar-refractivity contribution in [3.05, 3.63) is 75.8 Å². The van der Waals surface area contributed by atoms with E-state index in [0.717, 1.165) is 28.9 Å². The van der Waals surface area contributed by atoms with Crippen LogP contribution >= 0.6 is 0 Å². The van der Waals surface area contributed by atoms with Gasteiger partial charge in [-0.05, 0) is 18.9 Å². The lowest BCUT2D eigenvalue weighted by Crippen LogP contribution is -2.52. The fourth-order valence-corrected chi connectivity index (χ4v) is 4.37. The summed E-state index contributed by atoms with van der Waals surface area (Å²) < 4.78 is 0. The van der Waals surface area contributed by atoms with Crippen LogP contribution in [0.25, 0.3) is 0 Å². The number of rotatable bonds is 6. The molecule has 4 rings (SSSR count). The number of imide groups is 1. The predicted octanol–water partition coefficient (Wildman–Crippen LogP) is 3.01. The van der Waals surface area contributed by atoms with Gasteiger partial charge in [0.2, 0.25) is 0 Å². The van der Waals surface area contributed by atoms with Crippen LogP contribution in [0.1, 0.15) is 46.4 Å². The molecule has 2 aromatic carbocycles. The van der Waals surface area contributed by atoms with Crippen LogP contribution < -0.4 is 0 Å². The van der Waals surface area contributed by atoms with Crippen LogP contribution in [-0.4, -0.2) is 45.0 Å². The van der Waals surface area contributed by atoms with Gasteiger partial charge < -0.3 is 0 Å². The molecule has 9 heteroatoms. The molecule has 1 aliphatic heterocycles. The molecule has 2 atom stereocenters. The molecular weight excluding hydrogens is 414 g/mol. The van der Waals surface area contributed by atoms with Crippen molar-refractivity contribution in [3.63, 3.8) is 0 Å². The molecule has 1 aliphatic carbocycles. The summed E-state index contributed by atoms with van der Waals surface area (Å²) in [5, 5.41) is 12.8. The minimum absolute atomic E-state index is 0.0875. The summed E-state index contributed by atoms with van der Waals surface area (Å²) in [6, 6.07) is 13.2. The topological polar surface area (TPSA) is 118 Å². The van der Waals surface area contributed by atoms with Gasteiger partial charge in [-0.15, -0.1) is 0 Å². The van der Waals surface area contributed by atoms with E-state index in [4.69, 9.17) is 0 Å². The van der Waals surface area contributed by atoms with Crippen molar-refractivity contribution >= 4 is 29.2 Å². The molecule has 32 heavy (non-hydrogen) atoms. The number of nitro benzene ring substituents is 1. The Balaban J connectivity index is 1.71. The Morgan fingerprint density at radius 3 is 2.12 bits per heavy atom. The van der Waals surface area contributed by atoms with Crippen LogP contribution in [0.15, 0.2) is 54.6 Å². The van der Waals surface area contributed by atoms with Crippen LogP contribution in [-0.2, 0) is 9.59 Å². The van der Waals surface area contributed by atoms with Crippen LogP contribution in [0.5, 0.6) is 0 Å². The number of amides is 3. The molecule has 0 spiro atoms. The maximum atomic E-state index is 13.4. The third-order valence-corrected chi connectivity index (χ3v) is 5.99. The predicted molar refractivity (Wildman–Crippen MR) is 112 cm³/mol. The van der Waals surface area contributed by atoms with Gasteiger partial charge in [-0.25, -0.2) is 5.01 Å². The number of Topliss-reactive ketones (excluding diaryl/α,β-unsaturated/α-hetero) is 1. The molecule has 2 aromatic rings. The zero-order chi connectivity index (χ0) is 22.8. The minimum Gasteiger partial charge on any atom is -0.292 e. The smallest absolute Gasteiger partial charge is 0.273 e. The monoisotopic (exact) mass is 435 g/mol. The second kappa shape index (κ2) is 8.70. The Morgan fingerprint density at radius 2 is 1.53 bits per heavy atom.